The molecule has 0 unspecified atom stereocenters. The van der Waals surface area contributed by atoms with E-state index in [0.717, 1.165) is 19.3 Å². The third-order valence-corrected chi connectivity index (χ3v) is 6.15. The van der Waals surface area contributed by atoms with E-state index in [2.05, 4.69) is 4.72 Å². The molecule has 0 saturated carbocycles. The molecule has 8 heteroatoms. The SMILES string of the molecule is CCCS(=O)(=O)Nc1cccc(C(=O)OCC(=O)N2[C@H](C)CCC[C@@H]2C)c1. The van der Waals surface area contributed by atoms with Gasteiger partial charge >= 0.3 is 5.97 Å². The van der Waals surface area contributed by atoms with Crippen molar-refractivity contribution in [1.82, 2.24) is 4.90 Å². The van der Waals surface area contributed by atoms with Crippen molar-refractivity contribution in [2.24, 2.45) is 0 Å². The number of sulfonamides is 1. The Morgan fingerprint density at radius 3 is 2.52 bits per heavy atom. The molecule has 2 rings (SSSR count). The van der Waals surface area contributed by atoms with Gasteiger partial charge in [0.25, 0.3) is 5.91 Å². The molecule has 1 aromatic rings. The number of rotatable bonds is 7. The highest BCUT2D eigenvalue weighted by Crippen LogP contribution is 2.22. The average Bonchev–Trinajstić information content (AvgIpc) is 2.59. The smallest absolute Gasteiger partial charge is 0.338 e. The molecule has 1 aliphatic heterocycles. The number of carbonyl (C=O) groups excluding carboxylic acids is 2. The predicted molar refractivity (Wildman–Crippen MR) is 104 cm³/mol. The summed E-state index contributed by atoms with van der Waals surface area (Å²) in [6.07, 6.45) is 3.48. The first-order chi connectivity index (χ1) is 12.7. The van der Waals surface area contributed by atoms with Crippen LogP contribution >= 0.6 is 0 Å². The van der Waals surface area contributed by atoms with Crippen LogP contribution in [-0.4, -0.2) is 49.6 Å². The lowest BCUT2D eigenvalue weighted by Gasteiger charge is -2.38. The molecule has 1 amide bonds. The predicted octanol–water partition coefficient (Wildman–Crippen LogP) is 2.78. The molecule has 1 N–H and O–H groups in total. The minimum absolute atomic E-state index is 0.00236. The minimum atomic E-state index is -3.44. The molecule has 0 bridgehead atoms. The number of anilines is 1. The van der Waals surface area contributed by atoms with Crippen LogP contribution in [0, 0.1) is 0 Å². The lowest BCUT2D eigenvalue weighted by molar-refractivity contribution is -0.140. The van der Waals surface area contributed by atoms with Gasteiger partial charge in [0, 0.05) is 17.8 Å². The Kier molecular flexibility index (Phi) is 7.24. The number of likely N-dealkylation sites (tertiary alicyclic amines) is 1. The molecule has 0 aromatic heterocycles. The van der Waals surface area contributed by atoms with Crippen LogP contribution in [0.1, 0.15) is 56.8 Å². The monoisotopic (exact) mass is 396 g/mol. The molecule has 1 saturated heterocycles. The first-order valence-corrected chi connectivity index (χ1v) is 11.0. The number of nitrogens with zero attached hydrogens (tertiary/aromatic N) is 1. The molecule has 0 spiro atoms. The van der Waals surface area contributed by atoms with Crippen molar-refractivity contribution < 1.29 is 22.7 Å². The van der Waals surface area contributed by atoms with Crippen LogP contribution in [0.4, 0.5) is 5.69 Å². The molecule has 0 aliphatic carbocycles. The molecule has 1 aliphatic rings. The number of benzene rings is 1. The number of hydrogen-bond donors (Lipinski definition) is 1. The standard InChI is InChI=1S/C19H28N2O5S/c1-4-11-27(24,25)20-17-10-6-9-16(12-17)19(23)26-13-18(22)21-14(2)7-5-8-15(21)3/h6,9-10,12,14-15,20H,4-5,7-8,11,13H2,1-3H3/t14-,15+. The van der Waals surface area contributed by atoms with E-state index in [1.54, 1.807) is 24.0 Å². The lowest BCUT2D eigenvalue weighted by Crippen LogP contribution is -2.49. The van der Waals surface area contributed by atoms with Gasteiger partial charge in [-0.1, -0.05) is 13.0 Å². The lowest BCUT2D eigenvalue weighted by atomic mass is 9.97. The maximum Gasteiger partial charge on any atom is 0.338 e. The zero-order valence-electron chi connectivity index (χ0n) is 16.1. The third-order valence-electron chi connectivity index (χ3n) is 4.65. The van der Waals surface area contributed by atoms with Crippen molar-refractivity contribution in [1.29, 1.82) is 0 Å². The highest BCUT2D eigenvalue weighted by atomic mass is 32.2. The van der Waals surface area contributed by atoms with Crippen LogP contribution in [0.2, 0.25) is 0 Å². The summed E-state index contributed by atoms with van der Waals surface area (Å²) in [4.78, 5) is 26.5. The highest BCUT2D eigenvalue weighted by molar-refractivity contribution is 7.92. The van der Waals surface area contributed by atoms with E-state index < -0.39 is 16.0 Å². The van der Waals surface area contributed by atoms with Gasteiger partial charge < -0.3 is 9.64 Å². The molecule has 0 radical (unpaired) electrons. The molecular weight excluding hydrogens is 368 g/mol. The molecule has 2 atom stereocenters. The number of piperidine rings is 1. The van der Waals surface area contributed by atoms with E-state index in [1.165, 1.54) is 12.1 Å². The number of hydrogen-bond acceptors (Lipinski definition) is 5. The second-order valence-electron chi connectivity index (χ2n) is 7.01. The molecule has 27 heavy (non-hydrogen) atoms. The molecular formula is C19H28N2O5S. The summed E-state index contributed by atoms with van der Waals surface area (Å²) in [6.45, 7) is 5.45. The fourth-order valence-electron chi connectivity index (χ4n) is 3.41. The van der Waals surface area contributed by atoms with Gasteiger partial charge in [-0.05, 0) is 57.7 Å². The number of carbonyl (C=O) groups is 2. The van der Waals surface area contributed by atoms with Crippen LogP contribution in [0.3, 0.4) is 0 Å². The average molecular weight is 397 g/mol. The Balaban J connectivity index is 1.98. The van der Waals surface area contributed by atoms with Gasteiger partial charge in [-0.15, -0.1) is 0 Å². The van der Waals surface area contributed by atoms with Gasteiger partial charge in [-0.25, -0.2) is 13.2 Å². The number of esters is 1. The van der Waals surface area contributed by atoms with Gasteiger partial charge in [-0.2, -0.15) is 0 Å². The van der Waals surface area contributed by atoms with E-state index in [9.17, 15) is 18.0 Å². The Bertz CT molecular complexity index is 768. The van der Waals surface area contributed by atoms with Crippen LogP contribution in [0.5, 0.6) is 0 Å². The van der Waals surface area contributed by atoms with Gasteiger partial charge in [0.2, 0.25) is 10.0 Å². The zero-order valence-corrected chi connectivity index (χ0v) is 16.9. The molecule has 7 nitrogen and oxygen atoms in total. The number of ether oxygens (including phenoxy) is 1. The fraction of sp³-hybridized carbons (Fsp3) is 0.579. The summed E-state index contributed by atoms with van der Waals surface area (Å²) in [5, 5.41) is 0. The second-order valence-corrected chi connectivity index (χ2v) is 8.85. The van der Waals surface area contributed by atoms with E-state index in [0.29, 0.717) is 12.1 Å². The minimum Gasteiger partial charge on any atom is -0.452 e. The first-order valence-electron chi connectivity index (χ1n) is 9.32. The molecule has 1 fully saturated rings. The summed E-state index contributed by atoms with van der Waals surface area (Å²) in [5.74, 6) is -0.859. The summed E-state index contributed by atoms with van der Waals surface area (Å²) in [6, 6.07) is 6.33. The van der Waals surface area contributed by atoms with Crippen molar-refractivity contribution in [3.8, 4) is 0 Å². The summed E-state index contributed by atoms with van der Waals surface area (Å²) in [5.41, 5.74) is 0.488. The van der Waals surface area contributed by atoms with Crippen molar-refractivity contribution in [3.05, 3.63) is 29.8 Å². The Labute approximate surface area is 161 Å². The zero-order chi connectivity index (χ0) is 20.0. The molecule has 1 heterocycles. The Hall–Kier alpha value is -2.09. The largest absolute Gasteiger partial charge is 0.452 e. The summed E-state index contributed by atoms with van der Waals surface area (Å²) in [7, 11) is -3.44. The van der Waals surface area contributed by atoms with Crippen LogP contribution in [0.15, 0.2) is 24.3 Å². The van der Waals surface area contributed by atoms with E-state index in [4.69, 9.17) is 4.74 Å². The van der Waals surface area contributed by atoms with Gasteiger partial charge in [0.1, 0.15) is 0 Å². The van der Waals surface area contributed by atoms with Crippen molar-refractivity contribution in [3.63, 3.8) is 0 Å². The maximum absolute atomic E-state index is 12.4. The molecule has 150 valence electrons. The third kappa shape index (κ3) is 5.95. The van der Waals surface area contributed by atoms with Crippen molar-refractivity contribution in [2.45, 2.75) is 58.5 Å². The topological polar surface area (TPSA) is 92.8 Å². The highest BCUT2D eigenvalue weighted by Gasteiger charge is 2.29. The second kappa shape index (κ2) is 9.21. The first kappa shape index (κ1) is 21.2. The Morgan fingerprint density at radius 2 is 1.89 bits per heavy atom. The van der Waals surface area contributed by atoms with Gasteiger partial charge in [-0.3, -0.25) is 9.52 Å². The van der Waals surface area contributed by atoms with Crippen molar-refractivity contribution >= 4 is 27.6 Å². The van der Waals surface area contributed by atoms with Crippen molar-refractivity contribution in [2.75, 3.05) is 17.1 Å². The van der Waals surface area contributed by atoms with Crippen LogP contribution in [-0.2, 0) is 19.6 Å². The maximum atomic E-state index is 12.4. The van der Waals surface area contributed by atoms with E-state index in [1.807, 2.05) is 13.8 Å². The summed E-state index contributed by atoms with van der Waals surface area (Å²) < 4.78 is 31.3. The van der Waals surface area contributed by atoms with Crippen LogP contribution in [0.25, 0.3) is 0 Å². The van der Waals surface area contributed by atoms with Gasteiger partial charge in [0.15, 0.2) is 6.61 Å². The quantitative estimate of drug-likeness (QED) is 0.716. The molecule has 1 aromatic carbocycles. The fourth-order valence-corrected chi connectivity index (χ4v) is 4.53. The Morgan fingerprint density at radius 1 is 1.22 bits per heavy atom. The van der Waals surface area contributed by atoms with Gasteiger partial charge in [0.05, 0.1) is 11.3 Å². The number of nitrogens with one attached hydrogen (secondary N) is 1. The van der Waals surface area contributed by atoms with E-state index >= 15 is 0 Å². The normalized spacial score (nSPS) is 20.2. The van der Waals surface area contributed by atoms with Crippen LogP contribution < -0.4 is 4.72 Å². The summed E-state index contributed by atoms with van der Waals surface area (Å²) >= 11 is 0. The number of amides is 1. The van der Waals surface area contributed by atoms with E-state index in [-0.39, 0.29) is 35.9 Å².